The molecule has 0 fully saturated rings. The lowest BCUT2D eigenvalue weighted by Gasteiger charge is -2.11. The zero-order valence-corrected chi connectivity index (χ0v) is 7.74. The molecule has 0 spiro atoms. The highest BCUT2D eigenvalue weighted by molar-refractivity contribution is 5.20. The van der Waals surface area contributed by atoms with Crippen LogP contribution < -0.4 is 16.1 Å². The summed E-state index contributed by atoms with van der Waals surface area (Å²) in [5.74, 6) is 1.04. The molecule has 0 aromatic carbocycles. The van der Waals surface area contributed by atoms with Crippen LogP contribution in [0.2, 0.25) is 0 Å². The second kappa shape index (κ2) is 4.09. The maximum absolute atomic E-state index is 10.9. The molecule has 1 heterocycles. The summed E-state index contributed by atoms with van der Waals surface area (Å²) in [6, 6.07) is 2.96. The van der Waals surface area contributed by atoms with E-state index in [-0.39, 0.29) is 6.10 Å². The maximum Gasteiger partial charge on any atom is 0.339 e. The van der Waals surface area contributed by atoms with Gasteiger partial charge in [0, 0.05) is 12.6 Å². The molecule has 0 aliphatic carbocycles. The number of ether oxygens (including phenoxy) is 1. The van der Waals surface area contributed by atoms with Gasteiger partial charge in [0.15, 0.2) is 0 Å². The van der Waals surface area contributed by atoms with Crippen LogP contribution >= 0.6 is 0 Å². The predicted molar refractivity (Wildman–Crippen MR) is 48.9 cm³/mol. The fraction of sp³-hybridized carbons (Fsp3) is 0.444. The average molecular weight is 183 g/mol. The Morgan fingerprint density at radius 3 is 2.85 bits per heavy atom. The lowest BCUT2D eigenvalue weighted by atomic mass is 10.3. The lowest BCUT2D eigenvalue weighted by Crippen LogP contribution is -2.23. The van der Waals surface area contributed by atoms with Crippen LogP contribution in [0.3, 0.4) is 0 Å². The van der Waals surface area contributed by atoms with Crippen molar-refractivity contribution in [1.82, 2.24) is 0 Å². The fourth-order valence-electron chi connectivity index (χ4n) is 0.924. The van der Waals surface area contributed by atoms with Crippen molar-refractivity contribution in [3.05, 3.63) is 28.3 Å². The van der Waals surface area contributed by atoms with Crippen molar-refractivity contribution in [3.63, 3.8) is 0 Å². The first-order chi connectivity index (χ1) is 6.11. The van der Waals surface area contributed by atoms with Gasteiger partial charge in [-0.1, -0.05) is 0 Å². The molecule has 0 amide bonds. The van der Waals surface area contributed by atoms with Gasteiger partial charge in [-0.3, -0.25) is 0 Å². The van der Waals surface area contributed by atoms with Crippen LogP contribution in [-0.2, 0) is 0 Å². The number of aryl methyl sites for hydroxylation is 1. The smallest absolute Gasteiger partial charge is 0.339 e. The first kappa shape index (κ1) is 9.80. The molecule has 0 aliphatic heterocycles. The zero-order chi connectivity index (χ0) is 9.84. The van der Waals surface area contributed by atoms with Crippen molar-refractivity contribution in [2.24, 2.45) is 5.73 Å². The molecule has 0 saturated carbocycles. The summed E-state index contributed by atoms with van der Waals surface area (Å²) in [6.45, 7) is 3.95. The van der Waals surface area contributed by atoms with Crippen molar-refractivity contribution in [2.45, 2.75) is 20.0 Å². The molecule has 1 rings (SSSR count). The Bertz CT molecular complexity index is 332. The van der Waals surface area contributed by atoms with E-state index in [1.54, 1.807) is 13.0 Å². The molecule has 72 valence electrons. The third-order valence-corrected chi connectivity index (χ3v) is 1.54. The number of hydrogen-bond acceptors (Lipinski definition) is 4. The Labute approximate surface area is 76.3 Å². The van der Waals surface area contributed by atoms with E-state index in [4.69, 9.17) is 14.9 Å². The van der Waals surface area contributed by atoms with Crippen LogP contribution in [0.1, 0.15) is 12.7 Å². The van der Waals surface area contributed by atoms with Crippen LogP contribution in [0.15, 0.2) is 21.3 Å². The summed E-state index contributed by atoms with van der Waals surface area (Å²) in [4.78, 5) is 10.9. The Hall–Kier alpha value is -1.29. The highest BCUT2D eigenvalue weighted by Gasteiger charge is 2.03. The van der Waals surface area contributed by atoms with Gasteiger partial charge < -0.3 is 14.9 Å². The molecule has 0 radical (unpaired) electrons. The summed E-state index contributed by atoms with van der Waals surface area (Å²) in [5, 5.41) is 0. The second-order valence-corrected chi connectivity index (χ2v) is 2.89. The third-order valence-electron chi connectivity index (χ3n) is 1.54. The van der Waals surface area contributed by atoms with Crippen LogP contribution in [0, 0.1) is 6.92 Å². The molecule has 0 bridgehead atoms. The summed E-state index contributed by atoms with van der Waals surface area (Å²) in [7, 11) is 0. The summed E-state index contributed by atoms with van der Waals surface area (Å²) < 4.78 is 10.1. The lowest BCUT2D eigenvalue weighted by molar-refractivity contribution is 0.227. The summed E-state index contributed by atoms with van der Waals surface area (Å²) in [6.07, 6.45) is -0.0961. The van der Waals surface area contributed by atoms with Crippen molar-refractivity contribution < 1.29 is 9.15 Å². The van der Waals surface area contributed by atoms with Gasteiger partial charge >= 0.3 is 5.63 Å². The number of hydrogen-bond donors (Lipinski definition) is 1. The van der Waals surface area contributed by atoms with Crippen LogP contribution in [0.5, 0.6) is 5.75 Å². The van der Waals surface area contributed by atoms with Gasteiger partial charge in [-0.15, -0.1) is 0 Å². The van der Waals surface area contributed by atoms with Gasteiger partial charge in [0.2, 0.25) is 0 Å². The SMILES string of the molecule is Cc1cc(O[C@@H](C)CN)cc(=O)o1. The van der Waals surface area contributed by atoms with Crippen molar-refractivity contribution in [3.8, 4) is 5.75 Å². The van der Waals surface area contributed by atoms with Gasteiger partial charge in [-0.05, 0) is 13.8 Å². The van der Waals surface area contributed by atoms with Gasteiger partial charge in [0.25, 0.3) is 0 Å². The van der Waals surface area contributed by atoms with E-state index >= 15 is 0 Å². The molecular formula is C9H13NO3. The predicted octanol–water partition coefficient (Wildman–Crippen LogP) is 0.674. The molecule has 0 aliphatic rings. The van der Waals surface area contributed by atoms with E-state index in [9.17, 15) is 4.79 Å². The standard InChI is InChI=1S/C9H13NO3/c1-6-3-8(4-9(11)13-6)12-7(2)5-10/h3-4,7H,5,10H2,1-2H3/t7-/m0/s1. The normalized spacial score (nSPS) is 12.5. The van der Waals surface area contributed by atoms with E-state index in [0.29, 0.717) is 18.1 Å². The van der Waals surface area contributed by atoms with Crippen molar-refractivity contribution in [1.29, 1.82) is 0 Å². The van der Waals surface area contributed by atoms with E-state index in [0.717, 1.165) is 0 Å². The minimum Gasteiger partial charge on any atom is -0.489 e. The van der Waals surface area contributed by atoms with Crippen LogP contribution in [0.25, 0.3) is 0 Å². The molecule has 0 unspecified atom stereocenters. The maximum atomic E-state index is 10.9. The molecule has 1 atom stereocenters. The van der Waals surface area contributed by atoms with Gasteiger partial charge in [-0.2, -0.15) is 0 Å². The molecule has 13 heavy (non-hydrogen) atoms. The fourth-order valence-corrected chi connectivity index (χ4v) is 0.924. The first-order valence-corrected chi connectivity index (χ1v) is 4.10. The molecular weight excluding hydrogens is 170 g/mol. The highest BCUT2D eigenvalue weighted by atomic mass is 16.5. The van der Waals surface area contributed by atoms with Gasteiger partial charge in [-0.25, -0.2) is 4.79 Å². The first-order valence-electron chi connectivity index (χ1n) is 4.10. The van der Waals surface area contributed by atoms with E-state index < -0.39 is 5.63 Å². The zero-order valence-electron chi connectivity index (χ0n) is 7.74. The monoisotopic (exact) mass is 183 g/mol. The molecule has 1 aromatic heterocycles. The van der Waals surface area contributed by atoms with E-state index in [2.05, 4.69) is 0 Å². The minimum atomic E-state index is -0.403. The minimum absolute atomic E-state index is 0.0961. The third kappa shape index (κ3) is 2.91. The van der Waals surface area contributed by atoms with Crippen LogP contribution in [-0.4, -0.2) is 12.6 Å². The highest BCUT2D eigenvalue weighted by Crippen LogP contribution is 2.10. The second-order valence-electron chi connectivity index (χ2n) is 2.89. The number of rotatable bonds is 3. The Morgan fingerprint density at radius 2 is 2.31 bits per heavy atom. The molecule has 0 saturated heterocycles. The Balaban J connectivity index is 2.83. The average Bonchev–Trinajstić information content (AvgIpc) is 2.02. The quantitative estimate of drug-likeness (QED) is 0.748. The Morgan fingerprint density at radius 1 is 1.62 bits per heavy atom. The van der Waals surface area contributed by atoms with Crippen molar-refractivity contribution >= 4 is 0 Å². The van der Waals surface area contributed by atoms with E-state index in [1.165, 1.54) is 6.07 Å². The summed E-state index contributed by atoms with van der Waals surface area (Å²) in [5.41, 5.74) is 4.97. The van der Waals surface area contributed by atoms with Crippen molar-refractivity contribution in [2.75, 3.05) is 6.54 Å². The van der Waals surface area contributed by atoms with Crippen LogP contribution in [0.4, 0.5) is 0 Å². The number of nitrogens with two attached hydrogens (primary N) is 1. The largest absolute Gasteiger partial charge is 0.489 e. The topological polar surface area (TPSA) is 65.5 Å². The van der Waals surface area contributed by atoms with Gasteiger partial charge in [0.1, 0.15) is 17.6 Å². The summed E-state index contributed by atoms with van der Waals surface area (Å²) >= 11 is 0. The molecule has 1 aromatic rings. The Kier molecular flexibility index (Phi) is 3.08. The van der Waals surface area contributed by atoms with E-state index in [1.807, 2.05) is 6.92 Å². The molecule has 4 heteroatoms. The van der Waals surface area contributed by atoms with Gasteiger partial charge in [0.05, 0.1) is 6.07 Å². The molecule has 2 N–H and O–H groups in total. The molecule has 4 nitrogen and oxygen atoms in total.